The summed E-state index contributed by atoms with van der Waals surface area (Å²) in [4.78, 5) is 31.0. The molecule has 0 aliphatic carbocycles. The van der Waals surface area contributed by atoms with Gasteiger partial charge in [0.1, 0.15) is 11.6 Å². The number of likely N-dealkylation sites (N-methyl/N-ethyl adjacent to an activating group) is 1. The van der Waals surface area contributed by atoms with Crippen molar-refractivity contribution in [2.24, 2.45) is 0 Å². The van der Waals surface area contributed by atoms with Crippen molar-refractivity contribution in [2.45, 2.75) is 39.0 Å². The van der Waals surface area contributed by atoms with Crippen molar-refractivity contribution in [3.05, 3.63) is 51.5 Å². The smallest absolute Gasteiger partial charge is 0.252 e. The molecule has 0 bridgehead atoms. The number of benzene rings is 1. The molecular weight excluding hydrogens is 350 g/mol. The topological polar surface area (TPSA) is 71.5 Å². The lowest BCUT2D eigenvalue weighted by atomic mass is 9.94. The minimum atomic E-state index is -0.746. The molecule has 1 aliphatic rings. The molecule has 0 spiro atoms. The standard InChI is InChI=1S/C19H23N3O3S/c1-4-13-11-26-15(21-13)9-20-19(24)18-17(22(3)16(23)10-25-18)14-8-6-5-7-12(14)2/h5-8,11,17-18H,4,9-10H2,1-3H3,(H,20,24)/t17-,18+/m1/s1. The van der Waals surface area contributed by atoms with Gasteiger partial charge < -0.3 is 15.0 Å². The van der Waals surface area contributed by atoms with Crippen molar-refractivity contribution in [1.82, 2.24) is 15.2 Å². The molecule has 2 amide bonds. The Labute approximate surface area is 157 Å². The van der Waals surface area contributed by atoms with Gasteiger partial charge in [0.15, 0.2) is 6.10 Å². The van der Waals surface area contributed by atoms with Gasteiger partial charge in [0.2, 0.25) is 5.91 Å². The first-order valence-electron chi connectivity index (χ1n) is 8.65. The van der Waals surface area contributed by atoms with Crippen LogP contribution in [0.3, 0.4) is 0 Å². The Hall–Kier alpha value is -2.25. The molecule has 0 saturated carbocycles. The number of amides is 2. The van der Waals surface area contributed by atoms with Gasteiger partial charge in [0.25, 0.3) is 5.91 Å². The SMILES string of the molecule is CCc1csc(CNC(=O)[C@H]2OCC(=O)N(C)[C@@H]2c2ccccc2C)n1. The fourth-order valence-corrected chi connectivity index (χ4v) is 3.89. The lowest BCUT2D eigenvalue weighted by Crippen LogP contribution is -2.53. The quantitative estimate of drug-likeness (QED) is 0.872. The molecule has 1 aliphatic heterocycles. The fraction of sp³-hybridized carbons (Fsp3) is 0.421. The monoisotopic (exact) mass is 373 g/mol. The van der Waals surface area contributed by atoms with E-state index in [1.54, 1.807) is 11.9 Å². The molecule has 2 heterocycles. The minimum Gasteiger partial charge on any atom is -0.356 e. The van der Waals surface area contributed by atoms with Crippen LogP contribution in [0.15, 0.2) is 29.6 Å². The molecule has 26 heavy (non-hydrogen) atoms. The number of hydrogen-bond donors (Lipinski definition) is 1. The van der Waals surface area contributed by atoms with Crippen LogP contribution in [-0.2, 0) is 27.3 Å². The van der Waals surface area contributed by atoms with Gasteiger partial charge in [-0.05, 0) is 24.5 Å². The van der Waals surface area contributed by atoms with Crippen molar-refractivity contribution in [1.29, 1.82) is 0 Å². The van der Waals surface area contributed by atoms with E-state index in [0.717, 1.165) is 28.2 Å². The van der Waals surface area contributed by atoms with Crippen molar-refractivity contribution in [3.8, 4) is 0 Å². The van der Waals surface area contributed by atoms with Gasteiger partial charge >= 0.3 is 0 Å². The number of nitrogens with zero attached hydrogens (tertiary/aromatic N) is 2. The van der Waals surface area contributed by atoms with E-state index in [-0.39, 0.29) is 18.4 Å². The lowest BCUT2D eigenvalue weighted by Gasteiger charge is -2.38. The first kappa shape index (κ1) is 18.5. The van der Waals surface area contributed by atoms with Gasteiger partial charge in [0.05, 0.1) is 18.3 Å². The molecule has 1 aromatic carbocycles. The van der Waals surface area contributed by atoms with Gasteiger partial charge in [-0.1, -0.05) is 31.2 Å². The highest BCUT2D eigenvalue weighted by Gasteiger charge is 2.40. The number of hydrogen-bond acceptors (Lipinski definition) is 5. The van der Waals surface area contributed by atoms with Crippen LogP contribution in [-0.4, -0.2) is 41.5 Å². The Morgan fingerprint density at radius 1 is 1.42 bits per heavy atom. The third-order valence-corrected chi connectivity index (χ3v) is 5.52. The Kier molecular flexibility index (Phi) is 5.68. The summed E-state index contributed by atoms with van der Waals surface area (Å²) in [5.74, 6) is -0.360. The molecule has 6 nitrogen and oxygen atoms in total. The molecule has 0 unspecified atom stereocenters. The number of rotatable bonds is 5. The first-order valence-corrected chi connectivity index (χ1v) is 9.53. The van der Waals surface area contributed by atoms with E-state index in [2.05, 4.69) is 10.3 Å². The Morgan fingerprint density at radius 3 is 2.88 bits per heavy atom. The Morgan fingerprint density at radius 2 is 2.19 bits per heavy atom. The molecule has 1 fully saturated rings. The number of thiazole rings is 1. The lowest BCUT2D eigenvalue weighted by molar-refractivity contribution is -0.162. The van der Waals surface area contributed by atoms with Gasteiger partial charge in [-0.2, -0.15) is 0 Å². The summed E-state index contributed by atoms with van der Waals surface area (Å²) in [6.45, 7) is 4.29. The largest absolute Gasteiger partial charge is 0.356 e. The highest BCUT2D eigenvalue weighted by atomic mass is 32.1. The van der Waals surface area contributed by atoms with Crippen LogP contribution >= 0.6 is 11.3 Å². The number of aromatic nitrogens is 1. The normalized spacial score (nSPS) is 20.3. The predicted molar refractivity (Wildman–Crippen MR) is 99.8 cm³/mol. The zero-order valence-electron chi connectivity index (χ0n) is 15.2. The van der Waals surface area contributed by atoms with Crippen LogP contribution in [0.25, 0.3) is 0 Å². The predicted octanol–water partition coefficient (Wildman–Crippen LogP) is 2.23. The Bertz CT molecular complexity index is 805. The molecule has 1 N–H and O–H groups in total. The first-order chi connectivity index (χ1) is 12.5. The Balaban J connectivity index is 1.78. The molecule has 138 valence electrons. The van der Waals surface area contributed by atoms with Crippen molar-refractivity contribution in [2.75, 3.05) is 13.7 Å². The van der Waals surface area contributed by atoms with Gasteiger partial charge in [0, 0.05) is 12.4 Å². The van der Waals surface area contributed by atoms with E-state index in [1.165, 1.54) is 11.3 Å². The van der Waals surface area contributed by atoms with Crippen LogP contribution in [0.1, 0.15) is 34.8 Å². The van der Waals surface area contributed by atoms with E-state index in [0.29, 0.717) is 6.54 Å². The summed E-state index contributed by atoms with van der Waals surface area (Å²) in [5, 5.41) is 5.77. The molecular formula is C19H23N3O3S. The highest BCUT2D eigenvalue weighted by molar-refractivity contribution is 7.09. The summed E-state index contributed by atoms with van der Waals surface area (Å²) in [7, 11) is 1.72. The maximum absolute atomic E-state index is 12.8. The van der Waals surface area contributed by atoms with Crippen molar-refractivity contribution < 1.29 is 14.3 Å². The second-order valence-corrected chi connectivity index (χ2v) is 7.28. The molecule has 2 atom stereocenters. The van der Waals surface area contributed by atoms with Crippen LogP contribution in [0.5, 0.6) is 0 Å². The van der Waals surface area contributed by atoms with E-state index >= 15 is 0 Å². The third-order valence-electron chi connectivity index (χ3n) is 4.62. The molecule has 2 aromatic rings. The average Bonchev–Trinajstić information content (AvgIpc) is 3.11. The number of ether oxygens (including phenoxy) is 1. The third kappa shape index (κ3) is 3.78. The van der Waals surface area contributed by atoms with Gasteiger partial charge in [-0.3, -0.25) is 9.59 Å². The molecule has 0 radical (unpaired) electrons. The van der Waals surface area contributed by atoms with Crippen LogP contribution in [0.4, 0.5) is 0 Å². The molecule has 3 rings (SSSR count). The zero-order chi connectivity index (χ0) is 18.7. The van der Waals surface area contributed by atoms with Crippen LogP contribution in [0, 0.1) is 6.92 Å². The molecule has 1 saturated heterocycles. The van der Waals surface area contributed by atoms with E-state index < -0.39 is 12.1 Å². The summed E-state index contributed by atoms with van der Waals surface area (Å²) in [6.07, 6.45) is 0.128. The van der Waals surface area contributed by atoms with Crippen LogP contribution < -0.4 is 5.32 Å². The maximum Gasteiger partial charge on any atom is 0.252 e. The molecule has 1 aromatic heterocycles. The zero-order valence-corrected chi connectivity index (χ0v) is 16.0. The molecule has 7 heteroatoms. The number of nitrogens with one attached hydrogen (secondary N) is 1. The fourth-order valence-electron chi connectivity index (χ4n) is 3.08. The highest BCUT2D eigenvalue weighted by Crippen LogP contribution is 2.31. The second-order valence-electron chi connectivity index (χ2n) is 6.34. The summed E-state index contributed by atoms with van der Waals surface area (Å²) >= 11 is 1.53. The van der Waals surface area contributed by atoms with E-state index in [1.807, 2.05) is 43.5 Å². The maximum atomic E-state index is 12.8. The van der Waals surface area contributed by atoms with Gasteiger partial charge in [-0.25, -0.2) is 4.98 Å². The van der Waals surface area contributed by atoms with Crippen molar-refractivity contribution in [3.63, 3.8) is 0 Å². The van der Waals surface area contributed by atoms with E-state index in [9.17, 15) is 9.59 Å². The average molecular weight is 373 g/mol. The number of aryl methyl sites for hydroxylation is 2. The summed E-state index contributed by atoms with van der Waals surface area (Å²) < 4.78 is 5.64. The minimum absolute atomic E-state index is 0.0891. The van der Waals surface area contributed by atoms with Gasteiger partial charge in [-0.15, -0.1) is 11.3 Å². The second kappa shape index (κ2) is 7.97. The van der Waals surface area contributed by atoms with Crippen molar-refractivity contribution >= 4 is 23.2 Å². The summed E-state index contributed by atoms with van der Waals surface area (Å²) in [6, 6.07) is 7.31. The number of morpholine rings is 1. The number of carbonyl (C=O) groups excluding carboxylic acids is 2. The van der Waals surface area contributed by atoms with E-state index in [4.69, 9.17) is 4.74 Å². The summed E-state index contributed by atoms with van der Waals surface area (Å²) in [5.41, 5.74) is 2.97. The number of carbonyl (C=O) groups is 2. The van der Waals surface area contributed by atoms with Crippen LogP contribution in [0.2, 0.25) is 0 Å².